The van der Waals surface area contributed by atoms with Gasteiger partial charge < -0.3 is 5.73 Å². The molecule has 1 rings (SSSR count). The third-order valence-corrected chi connectivity index (χ3v) is 3.69. The third kappa shape index (κ3) is 3.05. The van der Waals surface area contributed by atoms with Gasteiger partial charge in [0.2, 0.25) is 0 Å². The standard InChI is InChI=1S/C11H20BrN3/c1-4-15-10(7-8(2)5-6-13)11(12)9(3)14-15/h8H,4-7,13H2,1-3H3. The van der Waals surface area contributed by atoms with Crippen molar-refractivity contribution in [2.45, 2.75) is 40.2 Å². The summed E-state index contributed by atoms with van der Waals surface area (Å²) in [6.45, 7) is 8.08. The molecule has 0 bridgehead atoms. The van der Waals surface area contributed by atoms with Crippen LogP contribution in [0, 0.1) is 12.8 Å². The normalized spacial score (nSPS) is 13.1. The number of halogens is 1. The molecule has 3 nitrogen and oxygen atoms in total. The van der Waals surface area contributed by atoms with Crippen LogP contribution >= 0.6 is 15.9 Å². The van der Waals surface area contributed by atoms with Crippen molar-refractivity contribution < 1.29 is 0 Å². The SMILES string of the molecule is CCn1nc(C)c(Br)c1CC(C)CCN. The molecule has 2 N–H and O–H groups in total. The van der Waals surface area contributed by atoms with E-state index < -0.39 is 0 Å². The zero-order valence-electron chi connectivity index (χ0n) is 9.76. The summed E-state index contributed by atoms with van der Waals surface area (Å²) in [6.07, 6.45) is 2.12. The van der Waals surface area contributed by atoms with Gasteiger partial charge in [-0.1, -0.05) is 6.92 Å². The highest BCUT2D eigenvalue weighted by Gasteiger charge is 2.14. The van der Waals surface area contributed by atoms with E-state index in [1.54, 1.807) is 0 Å². The number of hydrogen-bond acceptors (Lipinski definition) is 2. The molecule has 1 aromatic heterocycles. The van der Waals surface area contributed by atoms with Crippen LogP contribution in [0.3, 0.4) is 0 Å². The molecule has 0 spiro atoms. The quantitative estimate of drug-likeness (QED) is 0.896. The van der Waals surface area contributed by atoms with Gasteiger partial charge in [-0.2, -0.15) is 5.10 Å². The smallest absolute Gasteiger partial charge is 0.0738 e. The molecule has 0 aliphatic carbocycles. The van der Waals surface area contributed by atoms with Crippen LogP contribution in [0.25, 0.3) is 0 Å². The van der Waals surface area contributed by atoms with Crippen molar-refractivity contribution in [3.8, 4) is 0 Å². The van der Waals surface area contributed by atoms with Crippen LogP contribution in [0.2, 0.25) is 0 Å². The molecule has 1 heterocycles. The monoisotopic (exact) mass is 273 g/mol. The van der Waals surface area contributed by atoms with Crippen LogP contribution in [-0.4, -0.2) is 16.3 Å². The second-order valence-corrected chi connectivity index (χ2v) is 4.84. The fourth-order valence-electron chi connectivity index (χ4n) is 1.78. The van der Waals surface area contributed by atoms with Crippen molar-refractivity contribution in [3.63, 3.8) is 0 Å². The van der Waals surface area contributed by atoms with Crippen LogP contribution in [0.5, 0.6) is 0 Å². The van der Waals surface area contributed by atoms with Crippen LogP contribution < -0.4 is 5.73 Å². The lowest BCUT2D eigenvalue weighted by atomic mass is 10.0. The summed E-state index contributed by atoms with van der Waals surface area (Å²) in [5.41, 5.74) is 7.94. The molecule has 0 aliphatic heterocycles. The maximum absolute atomic E-state index is 5.56. The molecule has 0 aromatic carbocycles. The minimum atomic E-state index is 0.618. The van der Waals surface area contributed by atoms with E-state index in [1.807, 2.05) is 6.92 Å². The first-order chi connectivity index (χ1) is 7.10. The molecule has 4 heteroatoms. The Morgan fingerprint density at radius 1 is 1.53 bits per heavy atom. The lowest BCUT2D eigenvalue weighted by Crippen LogP contribution is -2.11. The number of nitrogens with two attached hydrogens (primary N) is 1. The summed E-state index contributed by atoms with van der Waals surface area (Å²) < 4.78 is 3.24. The minimum absolute atomic E-state index is 0.618. The topological polar surface area (TPSA) is 43.8 Å². The first-order valence-electron chi connectivity index (χ1n) is 5.52. The predicted molar refractivity (Wildman–Crippen MR) is 66.9 cm³/mol. The van der Waals surface area contributed by atoms with Gasteiger partial charge in [0.25, 0.3) is 0 Å². The van der Waals surface area contributed by atoms with Crippen molar-refractivity contribution in [1.82, 2.24) is 9.78 Å². The largest absolute Gasteiger partial charge is 0.330 e. The summed E-state index contributed by atoms with van der Waals surface area (Å²) in [4.78, 5) is 0. The molecule has 1 unspecified atom stereocenters. The molecule has 86 valence electrons. The molecule has 0 saturated heterocycles. The highest BCUT2D eigenvalue weighted by Crippen LogP contribution is 2.24. The first-order valence-corrected chi connectivity index (χ1v) is 6.31. The van der Waals surface area contributed by atoms with Crippen molar-refractivity contribution >= 4 is 15.9 Å². The Morgan fingerprint density at radius 3 is 2.73 bits per heavy atom. The molecule has 15 heavy (non-hydrogen) atoms. The Morgan fingerprint density at radius 2 is 2.20 bits per heavy atom. The van der Waals surface area contributed by atoms with Gasteiger partial charge in [0.15, 0.2) is 0 Å². The van der Waals surface area contributed by atoms with Gasteiger partial charge in [0.05, 0.1) is 15.9 Å². The second kappa shape index (κ2) is 5.66. The van der Waals surface area contributed by atoms with Crippen molar-refractivity contribution in [3.05, 3.63) is 15.9 Å². The van der Waals surface area contributed by atoms with Gasteiger partial charge >= 0.3 is 0 Å². The fraction of sp³-hybridized carbons (Fsp3) is 0.727. The first kappa shape index (κ1) is 12.7. The lowest BCUT2D eigenvalue weighted by molar-refractivity contribution is 0.502. The van der Waals surface area contributed by atoms with E-state index >= 15 is 0 Å². The van der Waals surface area contributed by atoms with E-state index in [9.17, 15) is 0 Å². The molecule has 0 aliphatic rings. The van der Waals surface area contributed by atoms with Gasteiger partial charge in [0.1, 0.15) is 0 Å². The molecular formula is C11H20BrN3. The Kier molecular flexibility index (Phi) is 4.80. The number of rotatable bonds is 5. The van der Waals surface area contributed by atoms with Gasteiger partial charge in [0, 0.05) is 6.54 Å². The lowest BCUT2D eigenvalue weighted by Gasteiger charge is -2.11. The van der Waals surface area contributed by atoms with E-state index in [0.29, 0.717) is 5.92 Å². The van der Waals surface area contributed by atoms with Gasteiger partial charge in [-0.3, -0.25) is 4.68 Å². The average Bonchev–Trinajstić information content (AvgIpc) is 2.46. The molecule has 0 fully saturated rings. The van der Waals surface area contributed by atoms with Crippen LogP contribution in [-0.2, 0) is 13.0 Å². The number of hydrogen-bond donors (Lipinski definition) is 1. The summed E-state index contributed by atoms with van der Waals surface area (Å²) in [6, 6.07) is 0. The highest BCUT2D eigenvalue weighted by molar-refractivity contribution is 9.10. The van der Waals surface area contributed by atoms with E-state index in [0.717, 1.165) is 36.1 Å². The Hall–Kier alpha value is -0.350. The number of nitrogens with zero attached hydrogens (tertiary/aromatic N) is 2. The summed E-state index contributed by atoms with van der Waals surface area (Å²) in [5, 5.41) is 4.48. The molecular weight excluding hydrogens is 254 g/mol. The zero-order valence-corrected chi connectivity index (χ0v) is 11.3. The molecule has 1 aromatic rings. The van der Waals surface area contributed by atoms with Crippen molar-refractivity contribution in [1.29, 1.82) is 0 Å². The van der Waals surface area contributed by atoms with E-state index in [-0.39, 0.29) is 0 Å². The Bertz CT molecular complexity index is 320. The van der Waals surface area contributed by atoms with Crippen LogP contribution in [0.15, 0.2) is 4.47 Å². The van der Waals surface area contributed by atoms with Gasteiger partial charge in [-0.15, -0.1) is 0 Å². The average molecular weight is 274 g/mol. The summed E-state index contributed by atoms with van der Waals surface area (Å²) in [5.74, 6) is 0.618. The Balaban J connectivity index is 2.82. The van der Waals surface area contributed by atoms with Crippen molar-refractivity contribution in [2.24, 2.45) is 11.7 Å². The Labute approximate surface area is 100 Å². The number of aromatic nitrogens is 2. The van der Waals surface area contributed by atoms with Gasteiger partial charge in [-0.25, -0.2) is 0 Å². The summed E-state index contributed by atoms with van der Waals surface area (Å²) in [7, 11) is 0. The van der Waals surface area contributed by atoms with E-state index in [2.05, 4.69) is 39.6 Å². The zero-order chi connectivity index (χ0) is 11.4. The maximum Gasteiger partial charge on any atom is 0.0738 e. The molecule has 0 amide bonds. The third-order valence-electron chi connectivity index (χ3n) is 2.65. The van der Waals surface area contributed by atoms with Gasteiger partial charge in [-0.05, 0) is 55.1 Å². The fourth-order valence-corrected chi connectivity index (χ4v) is 2.23. The maximum atomic E-state index is 5.56. The molecule has 0 radical (unpaired) electrons. The van der Waals surface area contributed by atoms with E-state index in [1.165, 1.54) is 5.69 Å². The number of aryl methyl sites for hydroxylation is 2. The van der Waals surface area contributed by atoms with E-state index in [4.69, 9.17) is 5.73 Å². The molecule has 1 atom stereocenters. The summed E-state index contributed by atoms with van der Waals surface area (Å²) >= 11 is 3.61. The van der Waals surface area contributed by atoms with Crippen LogP contribution in [0.1, 0.15) is 31.7 Å². The van der Waals surface area contributed by atoms with Crippen molar-refractivity contribution in [2.75, 3.05) is 6.54 Å². The second-order valence-electron chi connectivity index (χ2n) is 4.05. The highest BCUT2D eigenvalue weighted by atomic mass is 79.9. The molecule has 0 saturated carbocycles. The van der Waals surface area contributed by atoms with Crippen LogP contribution in [0.4, 0.5) is 0 Å². The predicted octanol–water partition coefficient (Wildman–Crippen LogP) is 2.50. The minimum Gasteiger partial charge on any atom is -0.330 e.